The van der Waals surface area contributed by atoms with Crippen LogP contribution in [0.25, 0.3) is 22.2 Å². The van der Waals surface area contributed by atoms with Crippen molar-refractivity contribution in [3.63, 3.8) is 0 Å². The standard InChI is InChI=1S/C20H17N4O2/c25-24(26)18-10-5-9-17-19(18)20(15-7-1-2-8-16(15)23-17)22-13-11-14-6-3-4-12-21-14/h1-10,12,22-23H,11,13H2/q-1. The lowest BCUT2D eigenvalue weighted by molar-refractivity contribution is 0.954. The van der Waals surface area contributed by atoms with Gasteiger partial charge in [-0.2, -0.15) is 4.90 Å². The van der Waals surface area contributed by atoms with Crippen LogP contribution in [0.3, 0.4) is 0 Å². The first-order chi connectivity index (χ1) is 12.7. The Labute approximate surface area is 150 Å². The van der Waals surface area contributed by atoms with Gasteiger partial charge in [0.25, 0.3) is 0 Å². The van der Waals surface area contributed by atoms with Crippen molar-refractivity contribution in [1.29, 1.82) is 0 Å². The summed E-state index contributed by atoms with van der Waals surface area (Å²) in [5, 5.41) is 27.5. The molecule has 6 heteroatoms. The highest BCUT2D eigenvalue weighted by atomic mass is 16.8. The molecule has 1 aromatic heterocycles. The lowest BCUT2D eigenvalue weighted by Gasteiger charge is -2.18. The molecule has 0 atom stereocenters. The second kappa shape index (κ2) is 6.76. The lowest BCUT2D eigenvalue weighted by Crippen LogP contribution is -2.23. The van der Waals surface area contributed by atoms with Crippen molar-refractivity contribution in [3.05, 3.63) is 88.3 Å². The van der Waals surface area contributed by atoms with Gasteiger partial charge in [-0.05, 0) is 24.3 Å². The minimum absolute atomic E-state index is 0.0878. The van der Waals surface area contributed by atoms with E-state index >= 15 is 0 Å². The Morgan fingerprint density at radius 1 is 0.962 bits per heavy atom. The van der Waals surface area contributed by atoms with Gasteiger partial charge in [-0.25, -0.2) is 0 Å². The van der Waals surface area contributed by atoms with Gasteiger partial charge in [0.1, 0.15) is 0 Å². The molecule has 0 amide bonds. The normalized spacial score (nSPS) is 10.9. The van der Waals surface area contributed by atoms with Crippen LogP contribution in [0.2, 0.25) is 0 Å². The van der Waals surface area contributed by atoms with E-state index in [2.05, 4.69) is 15.3 Å². The zero-order valence-electron chi connectivity index (χ0n) is 14.0. The summed E-state index contributed by atoms with van der Waals surface area (Å²) in [5.74, 6) is 0. The molecule has 1 aliphatic carbocycles. The quantitative estimate of drug-likeness (QED) is 0.439. The smallest absolute Gasteiger partial charge is 0.234 e. The number of hydrogen-bond donors (Lipinski definition) is 2. The van der Waals surface area contributed by atoms with Crippen LogP contribution in [0, 0.1) is 10.4 Å². The Hall–Kier alpha value is -3.54. The van der Waals surface area contributed by atoms with E-state index in [0.29, 0.717) is 12.1 Å². The fourth-order valence-corrected chi connectivity index (χ4v) is 3.19. The van der Waals surface area contributed by atoms with E-state index in [0.717, 1.165) is 34.4 Å². The summed E-state index contributed by atoms with van der Waals surface area (Å²) in [6.07, 6.45) is 2.50. The maximum Gasteiger partial charge on any atom is 0.234 e. The highest BCUT2D eigenvalue weighted by Crippen LogP contribution is 2.32. The maximum atomic E-state index is 11.6. The topological polar surface area (TPSA) is 89.8 Å². The van der Waals surface area contributed by atoms with Crippen molar-refractivity contribution < 1.29 is 0 Å². The highest BCUT2D eigenvalue weighted by Gasteiger charge is 2.17. The molecular formula is C20H17N4O2-. The minimum Gasteiger partial charge on any atom is -0.612 e. The van der Waals surface area contributed by atoms with Gasteiger partial charge >= 0.3 is 0 Å². The van der Waals surface area contributed by atoms with Gasteiger partial charge < -0.3 is 20.7 Å². The van der Waals surface area contributed by atoms with Crippen LogP contribution in [0.5, 0.6) is 0 Å². The number of nitrogens with zero attached hydrogens (tertiary/aromatic N) is 2. The summed E-state index contributed by atoms with van der Waals surface area (Å²) in [6.45, 7) is 0.631. The number of fused-ring (bicyclic) bond motifs is 2. The van der Waals surface area contributed by atoms with Gasteiger partial charge in [0.15, 0.2) is 0 Å². The van der Waals surface area contributed by atoms with Crippen molar-refractivity contribution >= 4 is 16.6 Å². The number of pyridine rings is 2. The molecule has 0 spiro atoms. The van der Waals surface area contributed by atoms with Crippen molar-refractivity contribution in [1.82, 2.24) is 14.9 Å². The summed E-state index contributed by atoms with van der Waals surface area (Å²) in [7, 11) is 0. The first-order valence-corrected chi connectivity index (χ1v) is 8.39. The van der Waals surface area contributed by atoms with Crippen LogP contribution in [-0.4, -0.2) is 16.5 Å². The Kier molecular flexibility index (Phi) is 4.15. The molecule has 0 saturated heterocycles. The average molecular weight is 345 g/mol. The predicted octanol–water partition coefficient (Wildman–Crippen LogP) is 3.09. The van der Waals surface area contributed by atoms with Crippen LogP contribution in [0.15, 0.2) is 66.9 Å². The van der Waals surface area contributed by atoms with Gasteiger partial charge in [-0.15, -0.1) is 0 Å². The molecule has 2 N–H and O–H groups in total. The Morgan fingerprint density at radius 3 is 2.62 bits per heavy atom. The molecule has 2 aliphatic rings. The third-order valence-electron chi connectivity index (χ3n) is 4.36. The summed E-state index contributed by atoms with van der Waals surface area (Å²) in [6, 6.07) is 18.7. The molecule has 0 fully saturated rings. The molecule has 2 aromatic rings. The summed E-state index contributed by atoms with van der Waals surface area (Å²) in [4.78, 5) is 7.28. The average Bonchev–Trinajstić information content (AvgIpc) is 2.67. The molecule has 0 saturated carbocycles. The fourth-order valence-electron chi connectivity index (χ4n) is 3.19. The van der Waals surface area contributed by atoms with E-state index in [1.807, 2.05) is 48.5 Å². The van der Waals surface area contributed by atoms with E-state index in [1.54, 1.807) is 12.3 Å². The number of aromatic nitrogens is 2. The molecule has 2 heterocycles. The van der Waals surface area contributed by atoms with E-state index in [9.17, 15) is 10.4 Å². The Morgan fingerprint density at radius 2 is 1.81 bits per heavy atom. The highest BCUT2D eigenvalue weighted by molar-refractivity contribution is 6.00. The largest absolute Gasteiger partial charge is 0.612 e. The van der Waals surface area contributed by atoms with Crippen LogP contribution in [0.1, 0.15) is 5.69 Å². The molecule has 26 heavy (non-hydrogen) atoms. The van der Waals surface area contributed by atoms with E-state index in [4.69, 9.17) is 0 Å². The number of benzene rings is 2. The molecular weight excluding hydrogens is 328 g/mol. The van der Waals surface area contributed by atoms with E-state index < -0.39 is 0 Å². The van der Waals surface area contributed by atoms with Crippen molar-refractivity contribution in [3.8, 4) is 11.3 Å². The minimum atomic E-state index is -0.338. The van der Waals surface area contributed by atoms with Gasteiger partial charge in [0.05, 0.1) is 16.9 Å². The first-order valence-electron chi connectivity index (χ1n) is 8.39. The third-order valence-corrected chi connectivity index (χ3v) is 4.36. The second-order valence-electron chi connectivity index (χ2n) is 6.00. The fraction of sp³-hybridized carbons (Fsp3) is 0.100. The molecule has 0 radical (unpaired) electrons. The molecule has 0 bridgehead atoms. The Balaban J connectivity index is 1.83. The molecule has 4 rings (SSSR count). The van der Waals surface area contributed by atoms with Crippen molar-refractivity contribution in [2.45, 2.75) is 6.42 Å². The number of hydrogen-bond acceptors (Lipinski definition) is 4. The Bertz CT molecular complexity index is 1090. The number of H-pyrrole nitrogens is 1. The van der Waals surface area contributed by atoms with Crippen LogP contribution in [0.4, 0.5) is 5.69 Å². The summed E-state index contributed by atoms with van der Waals surface area (Å²) < 4.78 is 0. The number of aromatic amines is 1. The number of nitrogens with one attached hydrogen (secondary N) is 2. The predicted molar refractivity (Wildman–Crippen MR) is 103 cm³/mol. The van der Waals surface area contributed by atoms with Crippen LogP contribution < -0.4 is 15.6 Å². The molecule has 6 nitrogen and oxygen atoms in total. The monoisotopic (exact) mass is 345 g/mol. The molecule has 1 aromatic carbocycles. The maximum absolute atomic E-state index is 11.6. The van der Waals surface area contributed by atoms with Gasteiger partial charge in [-0.3, -0.25) is 4.98 Å². The van der Waals surface area contributed by atoms with E-state index in [1.165, 1.54) is 6.07 Å². The summed E-state index contributed by atoms with van der Waals surface area (Å²) >= 11 is 0. The number of anilines is 1. The van der Waals surface area contributed by atoms with Crippen LogP contribution in [-0.2, 0) is 6.42 Å². The van der Waals surface area contributed by atoms with Crippen molar-refractivity contribution in [2.75, 3.05) is 11.9 Å². The number of para-hydroxylation sites is 1. The lowest BCUT2D eigenvalue weighted by atomic mass is 10.0. The first kappa shape index (κ1) is 16.0. The van der Waals surface area contributed by atoms with Crippen molar-refractivity contribution in [2.24, 2.45) is 0 Å². The molecule has 1 aliphatic heterocycles. The molecule has 130 valence electrons. The van der Waals surface area contributed by atoms with Gasteiger partial charge in [0, 0.05) is 41.8 Å². The SMILES string of the molecule is [O-][N+]([O-])=c1cccc2[nH]c3ccccc3c(NCCc3ccccn3)c1-2. The molecule has 0 unspecified atom stereocenters. The van der Waals surface area contributed by atoms with E-state index in [-0.39, 0.29) is 10.3 Å². The zero-order chi connectivity index (χ0) is 17.9. The number of rotatable bonds is 4. The van der Waals surface area contributed by atoms with Gasteiger partial charge in [0.2, 0.25) is 5.36 Å². The second-order valence-corrected chi connectivity index (χ2v) is 6.00. The third kappa shape index (κ3) is 2.93. The zero-order valence-corrected chi connectivity index (χ0v) is 14.0. The summed E-state index contributed by atoms with van der Waals surface area (Å²) in [5.41, 5.74) is 4.01. The van der Waals surface area contributed by atoms with Gasteiger partial charge in [-0.1, -0.05) is 30.3 Å². The van der Waals surface area contributed by atoms with Crippen LogP contribution >= 0.6 is 0 Å².